The molecule has 1 atom stereocenters. The molecular weight excluding hydrogens is 239 g/mol. The lowest BCUT2D eigenvalue weighted by atomic mass is 10.0. The summed E-state index contributed by atoms with van der Waals surface area (Å²) in [6.07, 6.45) is 0.281. The summed E-state index contributed by atoms with van der Waals surface area (Å²) in [6.45, 7) is -0.119. The number of nitrogens with zero attached hydrogens (tertiary/aromatic N) is 1. The van der Waals surface area contributed by atoms with Crippen molar-refractivity contribution in [3.8, 4) is 0 Å². The van der Waals surface area contributed by atoms with E-state index in [0.29, 0.717) is 5.56 Å². The van der Waals surface area contributed by atoms with Crippen LogP contribution in [0.2, 0.25) is 0 Å². The Balaban J connectivity index is 0.00000225. The zero-order valence-corrected chi connectivity index (χ0v) is 9.11. The van der Waals surface area contributed by atoms with Gasteiger partial charge >= 0.3 is 5.69 Å². The standard InChI is InChI=1S/C9H11FN2O3.ClH/c10-7-2-1-6(8(11)3-4-13)5-9(7)12(14)15;/h1-2,5,8,13H,3-4,11H2;1H/t8-;/m1./s1. The van der Waals surface area contributed by atoms with Gasteiger partial charge < -0.3 is 10.8 Å². The van der Waals surface area contributed by atoms with Crippen LogP contribution in [0.5, 0.6) is 0 Å². The van der Waals surface area contributed by atoms with Gasteiger partial charge in [0.2, 0.25) is 5.82 Å². The first-order valence-electron chi connectivity index (χ1n) is 4.36. The van der Waals surface area contributed by atoms with Crippen molar-refractivity contribution >= 4 is 18.1 Å². The molecule has 0 aliphatic rings. The summed E-state index contributed by atoms with van der Waals surface area (Å²) < 4.78 is 12.9. The van der Waals surface area contributed by atoms with Gasteiger partial charge in [0.15, 0.2) is 0 Å². The highest BCUT2D eigenvalue weighted by Crippen LogP contribution is 2.22. The predicted octanol–water partition coefficient (Wildman–Crippen LogP) is 1.54. The number of nitrogens with two attached hydrogens (primary N) is 1. The fraction of sp³-hybridized carbons (Fsp3) is 0.333. The summed E-state index contributed by atoms with van der Waals surface area (Å²) in [5.74, 6) is -0.889. The molecule has 90 valence electrons. The molecule has 0 aromatic heterocycles. The van der Waals surface area contributed by atoms with Crippen molar-refractivity contribution in [3.63, 3.8) is 0 Å². The first-order valence-corrected chi connectivity index (χ1v) is 4.36. The molecule has 0 fully saturated rings. The Morgan fingerprint density at radius 1 is 1.56 bits per heavy atom. The molecule has 0 spiro atoms. The summed E-state index contributed by atoms with van der Waals surface area (Å²) >= 11 is 0. The van der Waals surface area contributed by atoms with E-state index in [0.717, 1.165) is 12.1 Å². The van der Waals surface area contributed by atoms with E-state index in [4.69, 9.17) is 10.8 Å². The normalized spacial score (nSPS) is 11.7. The highest BCUT2D eigenvalue weighted by molar-refractivity contribution is 5.85. The molecule has 0 heterocycles. The zero-order valence-electron chi connectivity index (χ0n) is 8.30. The van der Waals surface area contributed by atoms with E-state index in [2.05, 4.69) is 0 Å². The van der Waals surface area contributed by atoms with Gasteiger partial charge in [-0.1, -0.05) is 6.07 Å². The topological polar surface area (TPSA) is 89.4 Å². The fourth-order valence-corrected chi connectivity index (χ4v) is 1.21. The third-order valence-electron chi connectivity index (χ3n) is 2.04. The third-order valence-corrected chi connectivity index (χ3v) is 2.04. The first-order chi connectivity index (χ1) is 7.06. The van der Waals surface area contributed by atoms with Crippen molar-refractivity contribution in [2.24, 2.45) is 5.73 Å². The highest BCUT2D eigenvalue weighted by Gasteiger charge is 2.16. The van der Waals surface area contributed by atoms with E-state index in [1.54, 1.807) is 0 Å². The van der Waals surface area contributed by atoms with E-state index in [1.807, 2.05) is 0 Å². The number of benzene rings is 1. The summed E-state index contributed by atoms with van der Waals surface area (Å²) in [7, 11) is 0. The van der Waals surface area contributed by atoms with Crippen molar-refractivity contribution < 1.29 is 14.4 Å². The van der Waals surface area contributed by atoms with E-state index in [-0.39, 0.29) is 25.4 Å². The zero-order chi connectivity index (χ0) is 11.4. The molecule has 7 heteroatoms. The molecule has 0 bridgehead atoms. The second-order valence-electron chi connectivity index (χ2n) is 3.09. The van der Waals surface area contributed by atoms with Crippen LogP contribution < -0.4 is 5.73 Å². The average Bonchev–Trinajstić information content (AvgIpc) is 2.18. The van der Waals surface area contributed by atoms with E-state index in [9.17, 15) is 14.5 Å². The van der Waals surface area contributed by atoms with Gasteiger partial charge in [0.05, 0.1) is 4.92 Å². The number of hydrogen-bond donors (Lipinski definition) is 2. The Morgan fingerprint density at radius 2 is 2.19 bits per heavy atom. The summed E-state index contributed by atoms with van der Waals surface area (Å²) in [5.41, 5.74) is 5.46. The van der Waals surface area contributed by atoms with Crippen LogP contribution in [0.25, 0.3) is 0 Å². The molecule has 1 rings (SSSR count). The number of rotatable bonds is 4. The van der Waals surface area contributed by atoms with E-state index >= 15 is 0 Å². The molecule has 0 aliphatic heterocycles. The minimum absolute atomic E-state index is 0. The maximum atomic E-state index is 12.9. The molecule has 3 N–H and O–H groups in total. The monoisotopic (exact) mass is 250 g/mol. The molecule has 1 aromatic rings. The number of aliphatic hydroxyl groups is 1. The Kier molecular flexibility index (Phi) is 5.87. The van der Waals surface area contributed by atoms with Crippen LogP contribution in [-0.2, 0) is 0 Å². The molecular formula is C9H12ClFN2O3. The smallest absolute Gasteiger partial charge is 0.305 e. The number of halogens is 2. The minimum Gasteiger partial charge on any atom is -0.396 e. The SMILES string of the molecule is Cl.N[C@H](CCO)c1ccc(F)c([N+](=O)[O-])c1. The molecule has 5 nitrogen and oxygen atoms in total. The van der Waals surface area contributed by atoms with Crippen LogP contribution in [0, 0.1) is 15.9 Å². The fourth-order valence-electron chi connectivity index (χ4n) is 1.21. The van der Waals surface area contributed by atoms with Crippen molar-refractivity contribution in [3.05, 3.63) is 39.7 Å². The first kappa shape index (κ1) is 14.8. The van der Waals surface area contributed by atoms with Crippen LogP contribution in [0.4, 0.5) is 10.1 Å². The lowest BCUT2D eigenvalue weighted by Gasteiger charge is -2.09. The van der Waals surface area contributed by atoms with Crippen LogP contribution in [-0.4, -0.2) is 16.6 Å². The highest BCUT2D eigenvalue weighted by atomic mass is 35.5. The molecule has 0 aliphatic carbocycles. The second kappa shape index (κ2) is 6.37. The van der Waals surface area contributed by atoms with Gasteiger partial charge in [-0.2, -0.15) is 4.39 Å². The predicted molar refractivity (Wildman–Crippen MR) is 58.9 cm³/mol. The Hall–Kier alpha value is -1.24. The summed E-state index contributed by atoms with van der Waals surface area (Å²) in [6, 6.07) is 2.96. The van der Waals surface area contributed by atoms with Gasteiger partial charge in [-0.3, -0.25) is 10.1 Å². The Bertz CT molecular complexity index is 376. The quantitative estimate of drug-likeness (QED) is 0.627. The molecule has 1 aromatic carbocycles. The number of aliphatic hydroxyl groups excluding tert-OH is 1. The minimum atomic E-state index is -0.889. The Labute approximate surface area is 97.6 Å². The van der Waals surface area contributed by atoms with Crippen molar-refractivity contribution in [1.82, 2.24) is 0 Å². The largest absolute Gasteiger partial charge is 0.396 e. The van der Waals surface area contributed by atoms with Gasteiger partial charge in [-0.25, -0.2) is 0 Å². The van der Waals surface area contributed by atoms with Gasteiger partial charge in [0.1, 0.15) is 0 Å². The van der Waals surface area contributed by atoms with Crippen LogP contribution in [0.3, 0.4) is 0 Å². The third kappa shape index (κ3) is 3.41. The molecule has 0 radical (unpaired) electrons. The number of nitro benzene ring substituents is 1. The average molecular weight is 251 g/mol. The number of nitro groups is 1. The molecule has 16 heavy (non-hydrogen) atoms. The van der Waals surface area contributed by atoms with Crippen molar-refractivity contribution in [2.45, 2.75) is 12.5 Å². The van der Waals surface area contributed by atoms with E-state index < -0.39 is 22.5 Å². The Morgan fingerprint density at radius 3 is 2.69 bits per heavy atom. The van der Waals surface area contributed by atoms with Crippen molar-refractivity contribution in [2.75, 3.05) is 6.61 Å². The van der Waals surface area contributed by atoms with Gasteiger partial charge in [-0.15, -0.1) is 12.4 Å². The van der Waals surface area contributed by atoms with Crippen LogP contribution in [0.1, 0.15) is 18.0 Å². The lowest BCUT2D eigenvalue weighted by molar-refractivity contribution is -0.387. The molecule has 0 saturated carbocycles. The second-order valence-corrected chi connectivity index (χ2v) is 3.09. The molecule has 0 amide bonds. The maximum Gasteiger partial charge on any atom is 0.305 e. The van der Waals surface area contributed by atoms with Crippen LogP contribution in [0.15, 0.2) is 18.2 Å². The maximum absolute atomic E-state index is 12.9. The van der Waals surface area contributed by atoms with E-state index in [1.165, 1.54) is 6.07 Å². The lowest BCUT2D eigenvalue weighted by Crippen LogP contribution is -2.12. The summed E-state index contributed by atoms with van der Waals surface area (Å²) in [5, 5.41) is 19.1. The molecule has 0 unspecified atom stereocenters. The van der Waals surface area contributed by atoms with Crippen molar-refractivity contribution in [1.29, 1.82) is 0 Å². The van der Waals surface area contributed by atoms with Gasteiger partial charge in [0.25, 0.3) is 0 Å². The number of hydrogen-bond acceptors (Lipinski definition) is 4. The van der Waals surface area contributed by atoms with Gasteiger partial charge in [-0.05, 0) is 18.1 Å². The molecule has 0 saturated heterocycles. The van der Waals surface area contributed by atoms with Gasteiger partial charge in [0, 0.05) is 18.7 Å². The van der Waals surface area contributed by atoms with Crippen LogP contribution >= 0.6 is 12.4 Å². The summed E-state index contributed by atoms with van der Waals surface area (Å²) in [4.78, 5) is 9.63.